The fourth-order valence-electron chi connectivity index (χ4n) is 3.86. The molecule has 1 atom stereocenters. The minimum atomic E-state index is -4.30. The number of aryl methyl sites for hydroxylation is 1. The number of halogens is 3. The molecule has 5 heteroatoms. The number of nitrogens with one attached hydrogen (secondary N) is 1. The third-order valence-corrected chi connectivity index (χ3v) is 5.60. The van der Waals surface area contributed by atoms with Crippen LogP contribution in [0.5, 0.6) is 0 Å². The maximum absolute atomic E-state index is 12.8. The van der Waals surface area contributed by atoms with Crippen molar-refractivity contribution < 1.29 is 18.1 Å². The van der Waals surface area contributed by atoms with Gasteiger partial charge in [0.05, 0.1) is 17.8 Å². The van der Waals surface area contributed by atoms with Crippen molar-refractivity contribution in [1.82, 2.24) is 4.57 Å². The molecule has 0 aliphatic heterocycles. The minimum Gasteiger partial charge on any atom is -0.342 e. The Morgan fingerprint density at radius 2 is 1.65 bits per heavy atom. The number of nitrogens with zero attached hydrogens (tertiary/aromatic N) is 1. The molecule has 1 aromatic heterocycles. The first-order valence-corrected chi connectivity index (χ1v) is 10.9. The van der Waals surface area contributed by atoms with E-state index in [9.17, 15) is 13.2 Å². The van der Waals surface area contributed by atoms with Gasteiger partial charge in [-0.2, -0.15) is 13.2 Å². The largest absolute Gasteiger partial charge is 0.416 e. The average Bonchev–Trinajstić information content (AvgIpc) is 3.12. The summed E-state index contributed by atoms with van der Waals surface area (Å²) in [4.78, 5) is 1.49. The minimum absolute atomic E-state index is 0.572. The van der Waals surface area contributed by atoms with Gasteiger partial charge in [0.25, 0.3) is 0 Å². The van der Waals surface area contributed by atoms with E-state index in [1.807, 2.05) is 12.3 Å². The molecule has 0 aliphatic rings. The molecule has 0 fully saturated rings. The number of benzene rings is 2. The molecule has 1 unspecified atom stereocenters. The van der Waals surface area contributed by atoms with Crippen LogP contribution in [0.15, 0.2) is 66.9 Å². The van der Waals surface area contributed by atoms with E-state index in [1.54, 1.807) is 12.1 Å². The lowest BCUT2D eigenvalue weighted by atomic mass is 10.1. The molecule has 2 aromatic carbocycles. The van der Waals surface area contributed by atoms with Gasteiger partial charge >= 0.3 is 6.18 Å². The van der Waals surface area contributed by atoms with Gasteiger partial charge in [0.15, 0.2) is 0 Å². The summed E-state index contributed by atoms with van der Waals surface area (Å²) in [7, 11) is 0. The van der Waals surface area contributed by atoms with E-state index < -0.39 is 11.7 Å². The molecule has 0 radical (unpaired) electrons. The van der Waals surface area contributed by atoms with Gasteiger partial charge in [-0.25, -0.2) is 0 Å². The lowest BCUT2D eigenvalue weighted by molar-refractivity contribution is -0.928. The second-order valence-electron chi connectivity index (χ2n) is 8.85. The smallest absolute Gasteiger partial charge is 0.342 e. The van der Waals surface area contributed by atoms with E-state index in [1.165, 1.54) is 21.7 Å². The highest BCUT2D eigenvalue weighted by Gasteiger charge is 2.29. The topological polar surface area (TPSA) is 9.37 Å². The van der Waals surface area contributed by atoms with Crippen molar-refractivity contribution in [2.75, 3.05) is 6.54 Å². The first kappa shape index (κ1) is 23.1. The molecule has 0 saturated heterocycles. The van der Waals surface area contributed by atoms with Crippen molar-refractivity contribution in [3.05, 3.63) is 94.8 Å². The molecule has 1 N–H and O–H groups in total. The summed E-state index contributed by atoms with van der Waals surface area (Å²) < 4.78 is 40.6. The van der Waals surface area contributed by atoms with Crippen molar-refractivity contribution in [1.29, 1.82) is 0 Å². The summed E-state index contributed by atoms with van der Waals surface area (Å²) in [6.07, 6.45) is -1.13. The molecule has 1 heterocycles. The summed E-state index contributed by atoms with van der Waals surface area (Å²) in [6, 6.07) is 18.3. The Labute approximate surface area is 183 Å². The maximum Gasteiger partial charge on any atom is 0.416 e. The molecule has 0 bridgehead atoms. The van der Waals surface area contributed by atoms with Crippen LogP contribution in [-0.4, -0.2) is 11.1 Å². The molecule has 31 heavy (non-hydrogen) atoms. The fourth-order valence-corrected chi connectivity index (χ4v) is 3.86. The SMILES string of the molecule is Cc1cccc(C[NH+](CCC(C)C)Cc2cccn2Cc2ccc(C(F)(F)F)cc2)c1. The van der Waals surface area contributed by atoms with E-state index in [4.69, 9.17) is 0 Å². The highest BCUT2D eigenvalue weighted by Crippen LogP contribution is 2.29. The van der Waals surface area contributed by atoms with Gasteiger partial charge in [-0.05, 0) is 49.1 Å². The van der Waals surface area contributed by atoms with Crippen molar-refractivity contribution in [2.45, 2.75) is 53.0 Å². The molecule has 2 nitrogen and oxygen atoms in total. The molecule has 3 aromatic rings. The summed E-state index contributed by atoms with van der Waals surface area (Å²) in [6.45, 7) is 10.1. The third-order valence-electron chi connectivity index (χ3n) is 5.60. The van der Waals surface area contributed by atoms with Crippen LogP contribution < -0.4 is 4.90 Å². The zero-order valence-electron chi connectivity index (χ0n) is 18.5. The average molecular weight is 430 g/mol. The number of hydrogen-bond donors (Lipinski definition) is 1. The van der Waals surface area contributed by atoms with E-state index in [0.717, 1.165) is 43.8 Å². The van der Waals surface area contributed by atoms with Gasteiger partial charge < -0.3 is 9.47 Å². The Kier molecular flexibility index (Phi) is 7.60. The third kappa shape index (κ3) is 7.00. The lowest BCUT2D eigenvalue weighted by Gasteiger charge is -2.22. The molecule has 3 rings (SSSR count). The standard InChI is InChI=1S/C26H31F3N2/c1-20(2)13-15-30(17-23-7-4-6-21(3)16-23)19-25-8-5-14-31(25)18-22-9-11-24(12-10-22)26(27,28)29/h4-12,14,16,20H,13,15,17-19H2,1-3H3/p+1. The monoisotopic (exact) mass is 429 g/mol. The molecule has 0 spiro atoms. The van der Waals surface area contributed by atoms with Crippen molar-refractivity contribution >= 4 is 0 Å². The van der Waals surface area contributed by atoms with Gasteiger partial charge in [-0.15, -0.1) is 0 Å². The van der Waals surface area contributed by atoms with Crippen LogP contribution in [0.3, 0.4) is 0 Å². The molecular weight excluding hydrogens is 397 g/mol. The first-order valence-electron chi connectivity index (χ1n) is 10.9. The Morgan fingerprint density at radius 1 is 0.903 bits per heavy atom. The Hall–Kier alpha value is -2.53. The summed E-state index contributed by atoms with van der Waals surface area (Å²) in [5.41, 5.74) is 4.07. The molecular formula is C26H32F3N2+. The van der Waals surface area contributed by atoms with Crippen LogP contribution in [0.25, 0.3) is 0 Å². The highest BCUT2D eigenvalue weighted by atomic mass is 19.4. The van der Waals surface area contributed by atoms with E-state index >= 15 is 0 Å². The summed E-state index contributed by atoms with van der Waals surface area (Å²) >= 11 is 0. The van der Waals surface area contributed by atoms with Gasteiger partial charge in [0, 0.05) is 18.3 Å². The van der Waals surface area contributed by atoms with Crippen molar-refractivity contribution in [3.8, 4) is 0 Å². The van der Waals surface area contributed by atoms with Crippen LogP contribution in [0.1, 0.15) is 48.2 Å². The summed E-state index contributed by atoms with van der Waals surface area (Å²) in [5, 5.41) is 0. The fraction of sp³-hybridized carbons (Fsp3) is 0.385. The molecule has 0 amide bonds. The molecule has 0 aliphatic carbocycles. The predicted octanol–water partition coefficient (Wildman–Crippen LogP) is 5.49. The maximum atomic E-state index is 12.8. The number of quaternary nitrogens is 1. The van der Waals surface area contributed by atoms with Crippen LogP contribution in [0.2, 0.25) is 0 Å². The van der Waals surface area contributed by atoms with Gasteiger partial charge in [0.2, 0.25) is 0 Å². The van der Waals surface area contributed by atoms with E-state index in [0.29, 0.717) is 12.5 Å². The first-order chi connectivity index (χ1) is 14.7. The van der Waals surface area contributed by atoms with Crippen molar-refractivity contribution in [3.63, 3.8) is 0 Å². The zero-order chi connectivity index (χ0) is 22.4. The number of aromatic nitrogens is 1. The number of alkyl halides is 3. The molecule has 166 valence electrons. The molecule has 0 saturated carbocycles. The lowest BCUT2D eigenvalue weighted by Crippen LogP contribution is -3.09. The van der Waals surface area contributed by atoms with E-state index in [2.05, 4.69) is 55.7 Å². The zero-order valence-corrected chi connectivity index (χ0v) is 18.5. The predicted molar refractivity (Wildman–Crippen MR) is 119 cm³/mol. The van der Waals surface area contributed by atoms with Gasteiger partial charge in [0.1, 0.15) is 13.1 Å². The van der Waals surface area contributed by atoms with Crippen LogP contribution in [0, 0.1) is 12.8 Å². The number of rotatable bonds is 9. The second-order valence-corrected chi connectivity index (χ2v) is 8.85. The Morgan fingerprint density at radius 3 is 2.29 bits per heavy atom. The summed E-state index contributed by atoms with van der Waals surface area (Å²) in [5.74, 6) is 0.645. The van der Waals surface area contributed by atoms with Gasteiger partial charge in [-0.1, -0.05) is 55.8 Å². The second kappa shape index (κ2) is 10.2. The van der Waals surface area contributed by atoms with Crippen LogP contribution >= 0.6 is 0 Å². The van der Waals surface area contributed by atoms with Crippen LogP contribution in [-0.2, 0) is 25.8 Å². The van der Waals surface area contributed by atoms with Crippen LogP contribution in [0.4, 0.5) is 13.2 Å². The van der Waals surface area contributed by atoms with E-state index in [-0.39, 0.29) is 0 Å². The van der Waals surface area contributed by atoms with Gasteiger partial charge in [-0.3, -0.25) is 0 Å². The normalized spacial score (nSPS) is 13.0. The number of hydrogen-bond acceptors (Lipinski definition) is 0. The quantitative estimate of drug-likeness (QED) is 0.460. The Bertz CT molecular complexity index is 955. The van der Waals surface area contributed by atoms with Crippen molar-refractivity contribution in [2.24, 2.45) is 5.92 Å². The highest BCUT2D eigenvalue weighted by molar-refractivity contribution is 5.25. The Balaban J connectivity index is 1.72.